The van der Waals surface area contributed by atoms with E-state index in [1.54, 1.807) is 6.92 Å². The van der Waals surface area contributed by atoms with Crippen molar-refractivity contribution in [2.75, 3.05) is 5.32 Å². The molecule has 0 bridgehead atoms. The van der Waals surface area contributed by atoms with E-state index in [1.807, 2.05) is 31.2 Å². The number of aromatic nitrogens is 4. The molecule has 1 aromatic carbocycles. The van der Waals surface area contributed by atoms with E-state index in [1.165, 1.54) is 10.9 Å². The zero-order valence-electron chi connectivity index (χ0n) is 12.6. The third-order valence-corrected chi connectivity index (χ3v) is 4.00. The number of benzene rings is 1. The summed E-state index contributed by atoms with van der Waals surface area (Å²) in [6.07, 6.45) is 2.25. The molecule has 1 amide bonds. The first-order chi connectivity index (χ1) is 11.1. The fraction of sp³-hybridized carbons (Fsp3) is 0.200. The van der Waals surface area contributed by atoms with Crippen LogP contribution < -0.4 is 5.32 Å². The lowest BCUT2D eigenvalue weighted by molar-refractivity contribution is 0.101. The van der Waals surface area contributed by atoms with E-state index in [0.29, 0.717) is 11.0 Å². The van der Waals surface area contributed by atoms with Gasteiger partial charge in [-0.25, -0.2) is 9.67 Å². The lowest BCUT2D eigenvalue weighted by Crippen LogP contribution is -2.13. The zero-order valence-corrected chi connectivity index (χ0v) is 13.5. The van der Waals surface area contributed by atoms with Crippen LogP contribution in [0.1, 0.15) is 28.8 Å². The van der Waals surface area contributed by atoms with Gasteiger partial charge in [-0.15, -0.1) is 0 Å². The van der Waals surface area contributed by atoms with Crippen LogP contribution in [-0.2, 0) is 6.42 Å². The first-order valence-electron chi connectivity index (χ1n) is 7.07. The van der Waals surface area contributed by atoms with Crippen LogP contribution in [-0.4, -0.2) is 30.2 Å². The summed E-state index contributed by atoms with van der Waals surface area (Å²) in [7, 11) is 0. The van der Waals surface area contributed by atoms with Gasteiger partial charge in [-0.2, -0.15) is 9.47 Å². The Morgan fingerprint density at radius 2 is 2.17 bits per heavy atom. The van der Waals surface area contributed by atoms with Gasteiger partial charge in [-0.05, 0) is 25.0 Å². The highest BCUT2D eigenvalue weighted by atomic mass is 32.1. The molecule has 23 heavy (non-hydrogen) atoms. The average molecular weight is 329 g/mol. The monoisotopic (exact) mass is 329 g/mol. The Labute approximate surface area is 136 Å². The quantitative estimate of drug-likeness (QED) is 0.767. The van der Waals surface area contributed by atoms with Crippen molar-refractivity contribution in [1.29, 1.82) is 0 Å². The summed E-state index contributed by atoms with van der Waals surface area (Å²) in [5.74, 6) is -0.127. The summed E-state index contributed by atoms with van der Waals surface area (Å²) >= 11 is 1.08. The molecule has 8 heteroatoms. The normalized spacial score (nSPS) is 10.7. The molecule has 0 saturated carbocycles. The highest BCUT2D eigenvalue weighted by Crippen LogP contribution is 2.22. The van der Waals surface area contributed by atoms with Gasteiger partial charge in [0, 0.05) is 11.5 Å². The molecule has 0 aliphatic rings. The molecule has 0 atom stereocenters. The van der Waals surface area contributed by atoms with E-state index in [9.17, 15) is 9.90 Å². The molecule has 0 aliphatic carbocycles. The average Bonchev–Trinajstić information content (AvgIpc) is 3.13. The number of carbonyl (C=O) groups excluding carboxylic acids is 1. The fourth-order valence-corrected chi connectivity index (χ4v) is 2.76. The fourth-order valence-electron chi connectivity index (χ4n) is 2.19. The summed E-state index contributed by atoms with van der Waals surface area (Å²) in [6.45, 7) is 3.77. The second kappa shape index (κ2) is 6.17. The summed E-state index contributed by atoms with van der Waals surface area (Å²) in [6, 6.07) is 7.70. The highest BCUT2D eigenvalue weighted by Gasteiger charge is 2.19. The van der Waals surface area contributed by atoms with Crippen molar-refractivity contribution in [2.45, 2.75) is 20.3 Å². The maximum Gasteiger partial charge on any atom is 0.281 e. The molecule has 0 saturated heterocycles. The molecule has 2 heterocycles. The topological polar surface area (TPSA) is 92.9 Å². The van der Waals surface area contributed by atoms with Crippen molar-refractivity contribution >= 4 is 22.6 Å². The molecule has 3 rings (SSSR count). The molecular formula is C15H15N5O2S. The number of rotatable bonds is 4. The maximum atomic E-state index is 12.2. The predicted molar refractivity (Wildman–Crippen MR) is 87.2 cm³/mol. The number of hydrogen-bond donors (Lipinski definition) is 2. The third kappa shape index (κ3) is 3.07. The molecule has 0 aliphatic heterocycles. The Balaban J connectivity index is 1.90. The highest BCUT2D eigenvalue weighted by molar-refractivity contribution is 7.09. The third-order valence-electron chi connectivity index (χ3n) is 3.28. The number of nitrogens with zero attached hydrogens (tertiary/aromatic N) is 4. The van der Waals surface area contributed by atoms with Crippen molar-refractivity contribution in [3.63, 3.8) is 0 Å². The van der Waals surface area contributed by atoms with Gasteiger partial charge in [0.25, 0.3) is 5.91 Å². The van der Waals surface area contributed by atoms with Crippen LogP contribution in [0.5, 0.6) is 5.75 Å². The Morgan fingerprint density at radius 3 is 2.87 bits per heavy atom. The van der Waals surface area contributed by atoms with Crippen LogP contribution in [0, 0.1) is 6.92 Å². The minimum absolute atomic E-state index is 0.0521. The van der Waals surface area contributed by atoms with Gasteiger partial charge in [0.05, 0.1) is 11.9 Å². The van der Waals surface area contributed by atoms with E-state index >= 15 is 0 Å². The number of aromatic hydroxyl groups is 1. The molecule has 118 valence electrons. The molecule has 2 aromatic heterocycles. The zero-order chi connectivity index (χ0) is 16.4. The SMILES string of the molecule is CCc1ccccc1-n1cc(O)c(C(=O)Nc2nc(C)ns2)n1. The second-order valence-electron chi connectivity index (χ2n) is 4.89. The van der Waals surface area contributed by atoms with Gasteiger partial charge >= 0.3 is 0 Å². The van der Waals surface area contributed by atoms with Gasteiger partial charge < -0.3 is 5.11 Å². The number of nitrogens with one attached hydrogen (secondary N) is 1. The number of carbonyl (C=O) groups is 1. The first kappa shape index (κ1) is 15.2. The summed E-state index contributed by atoms with van der Waals surface area (Å²) in [4.78, 5) is 16.3. The minimum atomic E-state index is -0.522. The smallest absolute Gasteiger partial charge is 0.281 e. The largest absolute Gasteiger partial charge is 0.504 e. The summed E-state index contributed by atoms with van der Waals surface area (Å²) in [5, 5.41) is 17.2. The van der Waals surface area contributed by atoms with E-state index in [0.717, 1.165) is 29.2 Å². The van der Waals surface area contributed by atoms with E-state index in [2.05, 4.69) is 19.8 Å². The molecule has 2 N–H and O–H groups in total. The van der Waals surface area contributed by atoms with Crippen molar-refractivity contribution in [1.82, 2.24) is 19.1 Å². The van der Waals surface area contributed by atoms with Gasteiger partial charge in [-0.3, -0.25) is 10.1 Å². The van der Waals surface area contributed by atoms with Crippen LogP contribution in [0.4, 0.5) is 5.13 Å². The molecule has 7 nitrogen and oxygen atoms in total. The molecule has 0 radical (unpaired) electrons. The summed E-state index contributed by atoms with van der Waals surface area (Å²) in [5.41, 5.74) is 1.85. The van der Waals surface area contributed by atoms with Crippen molar-refractivity contribution in [2.24, 2.45) is 0 Å². The van der Waals surface area contributed by atoms with Crippen LogP contribution >= 0.6 is 11.5 Å². The maximum absolute atomic E-state index is 12.2. The van der Waals surface area contributed by atoms with E-state index in [-0.39, 0.29) is 11.4 Å². The molecule has 0 fully saturated rings. The standard InChI is InChI=1S/C15H15N5O2S/c1-3-10-6-4-5-7-11(10)20-8-12(21)13(18-20)14(22)17-15-16-9(2)19-23-15/h4-8,21H,3H2,1-2H3,(H,16,17,19,22). The van der Waals surface area contributed by atoms with Gasteiger partial charge in [0.15, 0.2) is 11.4 Å². The van der Waals surface area contributed by atoms with E-state index < -0.39 is 5.91 Å². The van der Waals surface area contributed by atoms with Crippen molar-refractivity contribution in [3.8, 4) is 11.4 Å². The second-order valence-corrected chi connectivity index (χ2v) is 5.64. The lowest BCUT2D eigenvalue weighted by Gasteiger charge is -2.06. The number of aryl methyl sites for hydroxylation is 2. The Kier molecular flexibility index (Phi) is 4.07. The van der Waals surface area contributed by atoms with Gasteiger partial charge in [-0.1, -0.05) is 25.1 Å². The van der Waals surface area contributed by atoms with Crippen LogP contribution in [0.2, 0.25) is 0 Å². The molecular weight excluding hydrogens is 314 g/mol. The predicted octanol–water partition coefficient (Wildman–Crippen LogP) is 2.55. The molecule has 0 spiro atoms. The minimum Gasteiger partial charge on any atom is -0.504 e. The van der Waals surface area contributed by atoms with Crippen molar-refractivity contribution < 1.29 is 9.90 Å². The number of para-hydroxylation sites is 1. The van der Waals surface area contributed by atoms with Crippen molar-refractivity contribution in [3.05, 3.63) is 47.5 Å². The Morgan fingerprint density at radius 1 is 1.39 bits per heavy atom. The van der Waals surface area contributed by atoms with E-state index in [4.69, 9.17) is 0 Å². The molecule has 0 unspecified atom stereocenters. The Hall–Kier alpha value is -2.74. The summed E-state index contributed by atoms with van der Waals surface area (Å²) < 4.78 is 5.50. The number of anilines is 1. The number of hydrogen-bond acceptors (Lipinski definition) is 6. The molecule has 3 aromatic rings. The lowest BCUT2D eigenvalue weighted by atomic mass is 10.1. The number of amides is 1. The first-order valence-corrected chi connectivity index (χ1v) is 7.84. The van der Waals surface area contributed by atoms with Crippen LogP contribution in [0.25, 0.3) is 5.69 Å². The van der Waals surface area contributed by atoms with Crippen LogP contribution in [0.3, 0.4) is 0 Å². The Bertz CT molecular complexity index is 855. The van der Waals surface area contributed by atoms with Gasteiger partial charge in [0.2, 0.25) is 5.13 Å². The van der Waals surface area contributed by atoms with Crippen LogP contribution in [0.15, 0.2) is 30.5 Å². The van der Waals surface area contributed by atoms with Gasteiger partial charge in [0.1, 0.15) is 5.82 Å².